The number of nitro groups is 1. The summed E-state index contributed by atoms with van der Waals surface area (Å²) in [6.07, 6.45) is 0. The SMILES string of the molecule is CCOc1cccc2sc(-n3nc(C)cc3NC(=O)c3ccc([N+](=O)[O-])cc3)nc12. The van der Waals surface area contributed by atoms with Crippen molar-refractivity contribution >= 4 is 39.0 Å². The quantitative estimate of drug-likeness (QED) is 0.364. The maximum absolute atomic E-state index is 12.6. The zero-order valence-electron chi connectivity index (χ0n) is 16.2. The van der Waals surface area contributed by atoms with E-state index < -0.39 is 10.8 Å². The number of nitro benzene ring substituents is 1. The van der Waals surface area contributed by atoms with Crippen LogP contribution in [-0.4, -0.2) is 32.2 Å². The summed E-state index contributed by atoms with van der Waals surface area (Å²) in [6.45, 7) is 4.26. The number of aromatic nitrogens is 3. The first-order valence-electron chi connectivity index (χ1n) is 9.11. The maximum atomic E-state index is 12.6. The Labute approximate surface area is 175 Å². The van der Waals surface area contributed by atoms with E-state index in [-0.39, 0.29) is 5.69 Å². The number of hydrogen-bond acceptors (Lipinski definition) is 7. The van der Waals surface area contributed by atoms with Crippen LogP contribution in [0.25, 0.3) is 15.3 Å². The molecule has 0 radical (unpaired) electrons. The minimum absolute atomic E-state index is 0.0768. The van der Waals surface area contributed by atoms with E-state index in [4.69, 9.17) is 4.74 Å². The Hall–Kier alpha value is -3.79. The second kappa shape index (κ2) is 7.91. The summed E-state index contributed by atoms with van der Waals surface area (Å²) in [5.41, 5.74) is 1.67. The Bertz CT molecular complexity index is 1250. The lowest BCUT2D eigenvalue weighted by molar-refractivity contribution is -0.384. The fourth-order valence-corrected chi connectivity index (χ4v) is 3.88. The van der Waals surface area contributed by atoms with E-state index >= 15 is 0 Å². The number of thiazole rings is 1. The van der Waals surface area contributed by atoms with E-state index in [0.29, 0.717) is 34.6 Å². The molecule has 1 N–H and O–H groups in total. The molecule has 30 heavy (non-hydrogen) atoms. The molecule has 10 heteroatoms. The molecule has 0 unspecified atom stereocenters. The number of para-hydroxylation sites is 1. The van der Waals surface area contributed by atoms with Gasteiger partial charge in [0.25, 0.3) is 11.6 Å². The first-order valence-corrected chi connectivity index (χ1v) is 9.93. The molecule has 0 atom stereocenters. The Morgan fingerprint density at radius 1 is 1.27 bits per heavy atom. The normalized spacial score (nSPS) is 10.9. The van der Waals surface area contributed by atoms with Gasteiger partial charge in [-0.3, -0.25) is 14.9 Å². The van der Waals surface area contributed by atoms with E-state index in [2.05, 4.69) is 15.4 Å². The third kappa shape index (κ3) is 3.72. The first kappa shape index (κ1) is 19.5. The molecular formula is C20H17N5O4S. The second-order valence-electron chi connectivity index (χ2n) is 6.37. The molecule has 4 rings (SSSR count). The smallest absolute Gasteiger partial charge is 0.269 e. The molecule has 2 heterocycles. The van der Waals surface area contributed by atoms with Crippen molar-refractivity contribution < 1.29 is 14.5 Å². The minimum Gasteiger partial charge on any atom is -0.492 e. The van der Waals surface area contributed by atoms with Gasteiger partial charge in [0.1, 0.15) is 17.1 Å². The van der Waals surface area contributed by atoms with Crippen LogP contribution in [0.1, 0.15) is 23.0 Å². The molecule has 1 amide bonds. The third-order valence-corrected chi connectivity index (χ3v) is 5.26. The van der Waals surface area contributed by atoms with Crippen LogP contribution in [0.15, 0.2) is 48.5 Å². The van der Waals surface area contributed by atoms with E-state index in [9.17, 15) is 14.9 Å². The van der Waals surface area contributed by atoms with E-state index in [1.807, 2.05) is 32.0 Å². The van der Waals surface area contributed by atoms with Gasteiger partial charge in [0.2, 0.25) is 5.13 Å². The topological polar surface area (TPSA) is 112 Å². The predicted molar refractivity (Wildman–Crippen MR) is 114 cm³/mol. The lowest BCUT2D eigenvalue weighted by atomic mass is 10.2. The number of hydrogen-bond donors (Lipinski definition) is 1. The number of carbonyl (C=O) groups excluding carboxylic acids is 1. The summed E-state index contributed by atoms with van der Waals surface area (Å²) in [6, 6.07) is 12.9. The van der Waals surface area contributed by atoms with Crippen LogP contribution in [0.3, 0.4) is 0 Å². The number of nitrogens with zero attached hydrogens (tertiary/aromatic N) is 4. The van der Waals surface area contributed by atoms with Gasteiger partial charge in [-0.15, -0.1) is 0 Å². The highest BCUT2D eigenvalue weighted by Gasteiger charge is 2.17. The highest BCUT2D eigenvalue weighted by atomic mass is 32.1. The molecule has 152 valence electrons. The van der Waals surface area contributed by atoms with E-state index in [0.717, 1.165) is 10.2 Å². The summed E-state index contributed by atoms with van der Waals surface area (Å²) < 4.78 is 8.16. The van der Waals surface area contributed by atoms with Crippen molar-refractivity contribution in [3.8, 4) is 10.9 Å². The lowest BCUT2D eigenvalue weighted by Gasteiger charge is -2.06. The molecule has 9 nitrogen and oxygen atoms in total. The van der Waals surface area contributed by atoms with Crippen molar-refractivity contribution in [1.29, 1.82) is 0 Å². The van der Waals surface area contributed by atoms with Gasteiger partial charge in [-0.1, -0.05) is 17.4 Å². The molecule has 0 saturated heterocycles. The number of ether oxygens (including phenoxy) is 1. The Morgan fingerprint density at radius 2 is 2.03 bits per heavy atom. The minimum atomic E-state index is -0.510. The molecule has 0 fully saturated rings. The predicted octanol–water partition coefficient (Wildman–Crippen LogP) is 4.35. The van der Waals surface area contributed by atoms with Gasteiger partial charge in [0.05, 0.1) is 21.9 Å². The van der Waals surface area contributed by atoms with Crippen LogP contribution in [0.2, 0.25) is 0 Å². The summed E-state index contributed by atoms with van der Waals surface area (Å²) >= 11 is 1.43. The van der Waals surface area contributed by atoms with Crippen molar-refractivity contribution in [2.75, 3.05) is 11.9 Å². The zero-order valence-corrected chi connectivity index (χ0v) is 17.0. The number of benzene rings is 2. The van der Waals surface area contributed by atoms with Crippen molar-refractivity contribution in [2.45, 2.75) is 13.8 Å². The van der Waals surface area contributed by atoms with Crippen LogP contribution in [0, 0.1) is 17.0 Å². The van der Waals surface area contributed by atoms with Crippen LogP contribution in [0.5, 0.6) is 5.75 Å². The van der Waals surface area contributed by atoms with Gasteiger partial charge in [-0.25, -0.2) is 4.98 Å². The highest BCUT2D eigenvalue weighted by Crippen LogP contribution is 2.32. The van der Waals surface area contributed by atoms with Gasteiger partial charge in [-0.05, 0) is 38.1 Å². The largest absolute Gasteiger partial charge is 0.492 e. The van der Waals surface area contributed by atoms with Crippen molar-refractivity contribution in [3.63, 3.8) is 0 Å². The Kier molecular flexibility index (Phi) is 5.15. The first-order chi connectivity index (χ1) is 14.5. The number of fused-ring (bicyclic) bond motifs is 1. The van der Waals surface area contributed by atoms with E-state index in [1.165, 1.54) is 35.6 Å². The molecule has 2 aromatic heterocycles. The fourth-order valence-electron chi connectivity index (χ4n) is 2.93. The van der Waals surface area contributed by atoms with E-state index in [1.54, 1.807) is 10.7 Å². The molecule has 0 spiro atoms. The number of carbonyl (C=O) groups is 1. The molecule has 2 aromatic carbocycles. The summed E-state index contributed by atoms with van der Waals surface area (Å²) in [5, 5.41) is 18.6. The maximum Gasteiger partial charge on any atom is 0.269 e. The molecule has 0 aliphatic carbocycles. The Balaban J connectivity index is 1.66. The van der Waals surface area contributed by atoms with Gasteiger partial charge < -0.3 is 10.1 Å². The van der Waals surface area contributed by atoms with Crippen molar-refractivity contribution in [2.24, 2.45) is 0 Å². The number of nitrogens with one attached hydrogen (secondary N) is 1. The van der Waals surface area contributed by atoms with Crippen LogP contribution in [0.4, 0.5) is 11.5 Å². The summed E-state index contributed by atoms with van der Waals surface area (Å²) in [7, 11) is 0. The third-order valence-electron chi connectivity index (χ3n) is 4.27. The number of rotatable bonds is 6. The number of non-ortho nitro benzene ring substituents is 1. The van der Waals surface area contributed by atoms with Crippen LogP contribution in [-0.2, 0) is 0 Å². The average Bonchev–Trinajstić information content (AvgIpc) is 3.32. The fraction of sp³-hybridized carbons (Fsp3) is 0.150. The number of anilines is 1. The lowest BCUT2D eigenvalue weighted by Crippen LogP contribution is -2.15. The highest BCUT2D eigenvalue weighted by molar-refractivity contribution is 7.20. The molecule has 0 bridgehead atoms. The number of amides is 1. The van der Waals surface area contributed by atoms with Gasteiger partial charge in [0.15, 0.2) is 0 Å². The average molecular weight is 423 g/mol. The number of aryl methyl sites for hydroxylation is 1. The molecular weight excluding hydrogens is 406 g/mol. The standard InChI is InChI=1S/C20H17N5O4S/c1-3-29-15-5-4-6-16-18(15)22-20(30-16)24-17(11-12(2)23-24)21-19(26)13-7-9-14(10-8-13)25(27)28/h4-11H,3H2,1-2H3,(H,21,26). The van der Waals surface area contributed by atoms with Crippen LogP contribution < -0.4 is 10.1 Å². The van der Waals surface area contributed by atoms with Gasteiger partial charge >= 0.3 is 0 Å². The van der Waals surface area contributed by atoms with Crippen molar-refractivity contribution in [1.82, 2.24) is 14.8 Å². The Morgan fingerprint density at radius 3 is 2.73 bits per heavy atom. The van der Waals surface area contributed by atoms with Crippen molar-refractivity contribution in [3.05, 3.63) is 69.9 Å². The zero-order chi connectivity index (χ0) is 21.3. The molecule has 0 aliphatic rings. The molecule has 4 aromatic rings. The summed E-state index contributed by atoms with van der Waals surface area (Å²) in [5.74, 6) is 0.743. The summed E-state index contributed by atoms with van der Waals surface area (Å²) in [4.78, 5) is 27.6. The monoisotopic (exact) mass is 423 g/mol. The van der Waals surface area contributed by atoms with Gasteiger partial charge in [0, 0.05) is 23.8 Å². The second-order valence-corrected chi connectivity index (χ2v) is 7.38. The molecule has 0 aliphatic heterocycles. The van der Waals surface area contributed by atoms with Gasteiger partial charge in [-0.2, -0.15) is 9.78 Å². The van der Waals surface area contributed by atoms with Crippen LogP contribution >= 0.6 is 11.3 Å². The molecule has 0 saturated carbocycles.